The van der Waals surface area contributed by atoms with Gasteiger partial charge in [-0.1, -0.05) is 35.9 Å². The van der Waals surface area contributed by atoms with Crippen molar-refractivity contribution >= 4 is 22.9 Å². The van der Waals surface area contributed by atoms with Crippen LogP contribution in [0.5, 0.6) is 0 Å². The topological polar surface area (TPSA) is 12.0 Å². The monoisotopic (exact) mass is 265 g/mol. The largest absolute Gasteiger partial charge is 0.312 e. The average Bonchev–Trinajstić information content (AvgIpc) is 2.84. The van der Waals surface area contributed by atoms with Gasteiger partial charge in [-0.05, 0) is 42.5 Å². The van der Waals surface area contributed by atoms with Crippen molar-refractivity contribution in [3.8, 4) is 0 Å². The Labute approximate surface area is 111 Å². The molecule has 17 heavy (non-hydrogen) atoms. The van der Waals surface area contributed by atoms with Crippen LogP contribution in [0.1, 0.15) is 16.9 Å². The Hall–Kier alpha value is -0.830. The Bertz CT molecular complexity index is 439. The van der Waals surface area contributed by atoms with E-state index in [0.29, 0.717) is 0 Å². The van der Waals surface area contributed by atoms with E-state index >= 15 is 0 Å². The Morgan fingerprint density at radius 2 is 2.00 bits per heavy atom. The summed E-state index contributed by atoms with van der Waals surface area (Å²) in [5.41, 5.74) is 1.24. The number of nitrogens with one attached hydrogen (secondary N) is 1. The molecule has 2 rings (SSSR count). The van der Waals surface area contributed by atoms with E-state index in [1.54, 1.807) is 11.3 Å². The van der Waals surface area contributed by atoms with Crippen LogP contribution >= 0.6 is 22.9 Å². The van der Waals surface area contributed by atoms with Crippen LogP contribution in [0.15, 0.2) is 41.8 Å². The van der Waals surface area contributed by atoms with Gasteiger partial charge in [0.1, 0.15) is 0 Å². The zero-order chi connectivity index (χ0) is 11.9. The quantitative estimate of drug-likeness (QED) is 0.775. The highest BCUT2D eigenvalue weighted by Crippen LogP contribution is 2.16. The van der Waals surface area contributed by atoms with Crippen LogP contribution in [-0.2, 0) is 13.0 Å². The number of thiophene rings is 1. The summed E-state index contributed by atoms with van der Waals surface area (Å²) in [7, 11) is 0. The van der Waals surface area contributed by atoms with Crippen LogP contribution in [0.2, 0.25) is 5.02 Å². The summed E-state index contributed by atoms with van der Waals surface area (Å²) in [5, 5.41) is 6.44. The fourth-order valence-electron chi connectivity index (χ4n) is 1.73. The normalized spacial score (nSPS) is 10.6. The van der Waals surface area contributed by atoms with Gasteiger partial charge < -0.3 is 5.32 Å². The summed E-state index contributed by atoms with van der Waals surface area (Å²) in [6, 6.07) is 12.3. The SMILES string of the molecule is Clc1ccccc1CCCNCc1cccs1. The molecule has 3 heteroatoms. The van der Waals surface area contributed by atoms with Crippen molar-refractivity contribution in [3.63, 3.8) is 0 Å². The summed E-state index contributed by atoms with van der Waals surface area (Å²) >= 11 is 7.90. The van der Waals surface area contributed by atoms with Crippen molar-refractivity contribution in [3.05, 3.63) is 57.2 Å². The predicted molar refractivity (Wildman–Crippen MR) is 75.8 cm³/mol. The van der Waals surface area contributed by atoms with Gasteiger partial charge in [-0.25, -0.2) is 0 Å². The molecule has 2 aromatic rings. The van der Waals surface area contributed by atoms with E-state index in [2.05, 4.69) is 28.9 Å². The Balaban J connectivity index is 1.65. The van der Waals surface area contributed by atoms with Gasteiger partial charge in [-0.3, -0.25) is 0 Å². The molecule has 1 aromatic carbocycles. The van der Waals surface area contributed by atoms with Crippen molar-refractivity contribution in [1.82, 2.24) is 5.32 Å². The number of hydrogen-bond acceptors (Lipinski definition) is 2. The first-order valence-electron chi connectivity index (χ1n) is 5.83. The molecule has 1 heterocycles. The first kappa shape index (κ1) is 12.6. The van der Waals surface area contributed by atoms with Crippen molar-refractivity contribution in [1.29, 1.82) is 0 Å². The molecule has 0 atom stereocenters. The molecular formula is C14H16ClNS. The molecule has 0 bridgehead atoms. The second kappa shape index (κ2) is 6.80. The van der Waals surface area contributed by atoms with Gasteiger partial charge >= 0.3 is 0 Å². The van der Waals surface area contributed by atoms with Crippen LogP contribution in [-0.4, -0.2) is 6.54 Å². The molecule has 0 spiro atoms. The number of halogens is 1. The maximum absolute atomic E-state index is 6.10. The molecular weight excluding hydrogens is 250 g/mol. The third-order valence-corrected chi connectivity index (χ3v) is 3.88. The smallest absolute Gasteiger partial charge is 0.0437 e. The summed E-state index contributed by atoms with van der Waals surface area (Å²) in [4.78, 5) is 1.39. The van der Waals surface area contributed by atoms with Crippen molar-refractivity contribution in [2.75, 3.05) is 6.54 Å². The van der Waals surface area contributed by atoms with Crippen molar-refractivity contribution < 1.29 is 0 Å². The minimum absolute atomic E-state index is 0.880. The highest BCUT2D eigenvalue weighted by Gasteiger charge is 1.98. The molecule has 0 aliphatic heterocycles. The summed E-state index contributed by atoms with van der Waals surface area (Å²) in [5.74, 6) is 0. The minimum Gasteiger partial charge on any atom is -0.312 e. The number of hydrogen-bond donors (Lipinski definition) is 1. The molecule has 0 aliphatic carbocycles. The van der Waals surface area contributed by atoms with Gasteiger partial charge in [0.25, 0.3) is 0 Å². The zero-order valence-electron chi connectivity index (χ0n) is 9.66. The van der Waals surface area contributed by atoms with Gasteiger partial charge in [0.15, 0.2) is 0 Å². The lowest BCUT2D eigenvalue weighted by Gasteiger charge is -2.05. The van der Waals surface area contributed by atoms with E-state index < -0.39 is 0 Å². The van der Waals surface area contributed by atoms with Gasteiger partial charge in [-0.15, -0.1) is 11.3 Å². The van der Waals surface area contributed by atoms with E-state index in [1.165, 1.54) is 10.4 Å². The Morgan fingerprint density at radius 1 is 1.12 bits per heavy atom. The zero-order valence-corrected chi connectivity index (χ0v) is 11.2. The lowest BCUT2D eigenvalue weighted by atomic mass is 10.1. The Morgan fingerprint density at radius 3 is 2.76 bits per heavy atom. The van der Waals surface area contributed by atoms with E-state index in [9.17, 15) is 0 Å². The Kier molecular flexibility index (Phi) is 5.05. The molecule has 0 amide bonds. The van der Waals surface area contributed by atoms with E-state index in [0.717, 1.165) is 31.0 Å². The van der Waals surface area contributed by atoms with Crippen molar-refractivity contribution in [2.45, 2.75) is 19.4 Å². The number of rotatable bonds is 6. The first-order valence-corrected chi connectivity index (χ1v) is 7.08. The standard InChI is InChI=1S/C14H16ClNS/c15-14-8-2-1-5-12(14)6-3-9-16-11-13-7-4-10-17-13/h1-2,4-5,7-8,10,16H,3,6,9,11H2. The fraction of sp³-hybridized carbons (Fsp3) is 0.286. The highest BCUT2D eigenvalue weighted by atomic mass is 35.5. The molecule has 0 radical (unpaired) electrons. The molecule has 0 fully saturated rings. The van der Waals surface area contributed by atoms with Crippen molar-refractivity contribution in [2.24, 2.45) is 0 Å². The summed E-state index contributed by atoms with van der Waals surface area (Å²) in [6.07, 6.45) is 2.16. The predicted octanol–water partition coefficient (Wildman–Crippen LogP) is 4.12. The minimum atomic E-state index is 0.880. The van der Waals surface area contributed by atoms with Gasteiger partial charge in [0.05, 0.1) is 0 Å². The van der Waals surface area contributed by atoms with Gasteiger partial charge in [-0.2, -0.15) is 0 Å². The molecule has 0 aliphatic rings. The van der Waals surface area contributed by atoms with Gasteiger partial charge in [0, 0.05) is 16.4 Å². The lowest BCUT2D eigenvalue weighted by molar-refractivity contribution is 0.654. The molecule has 0 saturated carbocycles. The maximum atomic E-state index is 6.10. The van der Waals surface area contributed by atoms with E-state index in [4.69, 9.17) is 11.6 Å². The number of aryl methyl sites for hydroxylation is 1. The molecule has 1 aromatic heterocycles. The maximum Gasteiger partial charge on any atom is 0.0437 e. The highest BCUT2D eigenvalue weighted by molar-refractivity contribution is 7.09. The third kappa shape index (κ3) is 4.15. The molecule has 1 nitrogen and oxygen atoms in total. The average molecular weight is 266 g/mol. The summed E-state index contributed by atoms with van der Waals surface area (Å²) < 4.78 is 0. The fourth-order valence-corrected chi connectivity index (χ4v) is 2.63. The molecule has 1 N–H and O–H groups in total. The molecule has 90 valence electrons. The van der Waals surface area contributed by atoms with E-state index in [1.807, 2.05) is 18.2 Å². The molecule has 0 saturated heterocycles. The second-order valence-corrected chi connectivity index (χ2v) is 5.39. The van der Waals surface area contributed by atoms with Crippen LogP contribution in [0.3, 0.4) is 0 Å². The summed E-state index contributed by atoms with van der Waals surface area (Å²) in [6.45, 7) is 2.00. The van der Waals surface area contributed by atoms with Crippen LogP contribution in [0.4, 0.5) is 0 Å². The van der Waals surface area contributed by atoms with Gasteiger partial charge in [0.2, 0.25) is 0 Å². The lowest BCUT2D eigenvalue weighted by Crippen LogP contribution is -2.14. The van der Waals surface area contributed by atoms with Crippen LogP contribution < -0.4 is 5.32 Å². The third-order valence-electron chi connectivity index (χ3n) is 2.64. The van der Waals surface area contributed by atoms with Crippen LogP contribution in [0, 0.1) is 0 Å². The number of benzene rings is 1. The van der Waals surface area contributed by atoms with Crippen LogP contribution in [0.25, 0.3) is 0 Å². The second-order valence-electron chi connectivity index (χ2n) is 3.95. The first-order chi connectivity index (χ1) is 8.36. The molecule has 0 unspecified atom stereocenters. The van der Waals surface area contributed by atoms with E-state index in [-0.39, 0.29) is 0 Å².